The van der Waals surface area contributed by atoms with Crippen molar-refractivity contribution in [2.75, 3.05) is 0 Å². The number of hydrogen-bond acceptors (Lipinski definition) is 3. The summed E-state index contributed by atoms with van der Waals surface area (Å²) in [5.41, 5.74) is 4.12. The van der Waals surface area contributed by atoms with Crippen LogP contribution < -0.4 is 0 Å². The Morgan fingerprint density at radius 1 is 1.41 bits per heavy atom. The fourth-order valence-corrected chi connectivity index (χ4v) is 2.58. The molecule has 0 saturated heterocycles. The van der Waals surface area contributed by atoms with Crippen LogP contribution in [-0.2, 0) is 6.54 Å². The van der Waals surface area contributed by atoms with E-state index in [1.807, 2.05) is 19.9 Å². The summed E-state index contributed by atoms with van der Waals surface area (Å²) in [6.45, 7) is 6.96. The Kier molecular flexibility index (Phi) is 4.42. The Morgan fingerprint density at radius 3 is 2.68 bits per heavy atom. The molecule has 5 nitrogen and oxygen atoms in total. The van der Waals surface area contributed by atoms with Crippen molar-refractivity contribution in [2.45, 2.75) is 27.3 Å². The average molecular weight is 295 g/mol. The highest BCUT2D eigenvalue weighted by atomic mass is 16.6. The Labute approximate surface area is 129 Å². The first-order valence-corrected chi connectivity index (χ1v) is 7.01. The quantitative estimate of drug-likeness (QED) is 0.484. The third-order valence-electron chi connectivity index (χ3n) is 3.72. The van der Waals surface area contributed by atoms with Crippen molar-refractivity contribution >= 4 is 17.3 Å². The van der Waals surface area contributed by atoms with Gasteiger partial charge in [-0.1, -0.05) is 12.1 Å². The van der Waals surface area contributed by atoms with E-state index in [2.05, 4.69) is 17.6 Å². The van der Waals surface area contributed by atoms with E-state index in [0.717, 1.165) is 23.5 Å². The van der Waals surface area contributed by atoms with Gasteiger partial charge >= 0.3 is 0 Å². The summed E-state index contributed by atoms with van der Waals surface area (Å²) >= 11 is 0. The van der Waals surface area contributed by atoms with Crippen LogP contribution in [0, 0.1) is 35.3 Å². The molecule has 0 amide bonds. The highest BCUT2D eigenvalue weighted by Crippen LogP contribution is 2.24. The zero-order valence-corrected chi connectivity index (χ0v) is 12.8. The van der Waals surface area contributed by atoms with Gasteiger partial charge in [0.05, 0.1) is 16.6 Å². The van der Waals surface area contributed by atoms with Gasteiger partial charge in [0.25, 0.3) is 5.69 Å². The van der Waals surface area contributed by atoms with Crippen molar-refractivity contribution in [1.82, 2.24) is 4.57 Å². The van der Waals surface area contributed by atoms with E-state index in [1.54, 1.807) is 18.2 Å². The predicted molar refractivity (Wildman–Crippen MR) is 86.2 cm³/mol. The molecule has 2 rings (SSSR count). The van der Waals surface area contributed by atoms with E-state index in [0.29, 0.717) is 11.1 Å². The number of allylic oxidation sites excluding steroid dienone is 1. The van der Waals surface area contributed by atoms with E-state index < -0.39 is 4.92 Å². The van der Waals surface area contributed by atoms with Crippen LogP contribution in [0.1, 0.15) is 29.4 Å². The SMILES string of the molecule is CCn1c(C)cc(C=C(C#N)c2cccc([N+](=O)[O-])c2)c1C. The van der Waals surface area contributed by atoms with Crippen LogP contribution in [-0.4, -0.2) is 9.49 Å². The highest BCUT2D eigenvalue weighted by Gasteiger charge is 2.11. The summed E-state index contributed by atoms with van der Waals surface area (Å²) in [6.07, 6.45) is 1.79. The van der Waals surface area contributed by atoms with Crippen molar-refractivity contribution in [1.29, 1.82) is 5.26 Å². The van der Waals surface area contributed by atoms with Gasteiger partial charge in [0, 0.05) is 30.1 Å². The molecular weight excluding hydrogens is 278 g/mol. The second-order valence-corrected chi connectivity index (χ2v) is 5.05. The summed E-state index contributed by atoms with van der Waals surface area (Å²) in [6, 6.07) is 10.3. The Bertz CT molecular complexity index is 795. The second-order valence-electron chi connectivity index (χ2n) is 5.05. The summed E-state index contributed by atoms with van der Waals surface area (Å²) in [5, 5.41) is 20.3. The monoisotopic (exact) mass is 295 g/mol. The number of nitro benzene ring substituents is 1. The molecule has 22 heavy (non-hydrogen) atoms. The molecule has 0 N–H and O–H groups in total. The maximum atomic E-state index is 10.9. The van der Waals surface area contributed by atoms with Crippen LogP contribution in [0.3, 0.4) is 0 Å². The largest absolute Gasteiger partial charge is 0.349 e. The molecule has 0 radical (unpaired) electrons. The van der Waals surface area contributed by atoms with Gasteiger partial charge in [-0.05, 0) is 44.0 Å². The third kappa shape index (κ3) is 2.91. The first-order chi connectivity index (χ1) is 10.5. The smallest absolute Gasteiger partial charge is 0.270 e. The number of nitrogens with zero attached hydrogens (tertiary/aromatic N) is 3. The van der Waals surface area contributed by atoms with Crippen LogP contribution >= 0.6 is 0 Å². The van der Waals surface area contributed by atoms with Crippen LogP contribution in [0.4, 0.5) is 5.69 Å². The summed E-state index contributed by atoms with van der Waals surface area (Å²) in [5.74, 6) is 0. The Morgan fingerprint density at radius 2 is 2.14 bits per heavy atom. The molecule has 0 fully saturated rings. The molecule has 0 aliphatic heterocycles. The maximum absolute atomic E-state index is 10.9. The maximum Gasteiger partial charge on any atom is 0.270 e. The first kappa shape index (κ1) is 15.5. The lowest BCUT2D eigenvalue weighted by Gasteiger charge is -2.05. The second kappa shape index (κ2) is 6.27. The molecule has 0 saturated carbocycles. The van der Waals surface area contributed by atoms with Crippen molar-refractivity contribution in [3.8, 4) is 6.07 Å². The van der Waals surface area contributed by atoms with Crippen molar-refractivity contribution in [2.24, 2.45) is 0 Å². The van der Waals surface area contributed by atoms with E-state index in [1.165, 1.54) is 12.1 Å². The minimum Gasteiger partial charge on any atom is -0.349 e. The van der Waals surface area contributed by atoms with Crippen LogP contribution in [0.2, 0.25) is 0 Å². The molecule has 1 heterocycles. The number of nitriles is 1. The van der Waals surface area contributed by atoms with Crippen LogP contribution in [0.15, 0.2) is 30.3 Å². The molecule has 0 unspecified atom stereocenters. The molecule has 1 aromatic heterocycles. The van der Waals surface area contributed by atoms with Gasteiger partial charge in [0.15, 0.2) is 0 Å². The minimum absolute atomic E-state index is 0.0160. The molecule has 0 aliphatic carbocycles. The number of rotatable bonds is 4. The molecule has 0 spiro atoms. The predicted octanol–water partition coefficient (Wildman–Crippen LogP) is 4.10. The normalized spacial score (nSPS) is 11.3. The van der Waals surface area contributed by atoms with Crippen molar-refractivity contribution in [3.63, 3.8) is 0 Å². The number of aromatic nitrogens is 1. The minimum atomic E-state index is -0.457. The fourth-order valence-electron chi connectivity index (χ4n) is 2.58. The Hall–Kier alpha value is -2.87. The van der Waals surface area contributed by atoms with E-state index in [-0.39, 0.29) is 5.69 Å². The number of hydrogen-bond donors (Lipinski definition) is 0. The topological polar surface area (TPSA) is 71.9 Å². The fraction of sp³-hybridized carbons (Fsp3) is 0.235. The van der Waals surface area contributed by atoms with Gasteiger partial charge in [0.1, 0.15) is 0 Å². The zero-order chi connectivity index (χ0) is 16.3. The van der Waals surface area contributed by atoms with Gasteiger partial charge in [-0.15, -0.1) is 0 Å². The molecule has 0 aliphatic rings. The zero-order valence-electron chi connectivity index (χ0n) is 12.8. The average Bonchev–Trinajstić information content (AvgIpc) is 2.78. The summed E-state index contributed by atoms with van der Waals surface area (Å²) in [7, 11) is 0. The van der Waals surface area contributed by atoms with Gasteiger partial charge in [-0.25, -0.2) is 0 Å². The van der Waals surface area contributed by atoms with Gasteiger partial charge in [-0.2, -0.15) is 5.26 Å². The summed E-state index contributed by atoms with van der Waals surface area (Å²) in [4.78, 5) is 10.4. The van der Waals surface area contributed by atoms with E-state index >= 15 is 0 Å². The van der Waals surface area contributed by atoms with E-state index in [9.17, 15) is 15.4 Å². The van der Waals surface area contributed by atoms with Gasteiger partial charge in [-0.3, -0.25) is 10.1 Å². The Balaban J connectivity index is 2.51. The number of benzene rings is 1. The van der Waals surface area contributed by atoms with Gasteiger partial charge in [0.2, 0.25) is 0 Å². The first-order valence-electron chi connectivity index (χ1n) is 7.01. The molecule has 1 aromatic carbocycles. The van der Waals surface area contributed by atoms with Crippen LogP contribution in [0.5, 0.6) is 0 Å². The molecule has 5 heteroatoms. The number of non-ortho nitro benzene ring substituents is 1. The molecule has 112 valence electrons. The van der Waals surface area contributed by atoms with E-state index in [4.69, 9.17) is 0 Å². The van der Waals surface area contributed by atoms with Crippen LogP contribution in [0.25, 0.3) is 11.6 Å². The summed E-state index contributed by atoms with van der Waals surface area (Å²) < 4.78 is 2.16. The lowest BCUT2D eigenvalue weighted by Crippen LogP contribution is -1.98. The molecule has 2 aromatic rings. The lowest BCUT2D eigenvalue weighted by molar-refractivity contribution is -0.384. The van der Waals surface area contributed by atoms with Crippen molar-refractivity contribution in [3.05, 3.63) is 63.0 Å². The molecule has 0 bridgehead atoms. The van der Waals surface area contributed by atoms with Gasteiger partial charge < -0.3 is 4.57 Å². The third-order valence-corrected chi connectivity index (χ3v) is 3.72. The number of nitro groups is 1. The highest BCUT2D eigenvalue weighted by molar-refractivity contribution is 5.90. The number of aryl methyl sites for hydroxylation is 1. The molecular formula is C17H17N3O2. The molecule has 0 atom stereocenters. The standard InChI is InChI=1S/C17H17N3O2/c1-4-19-12(2)8-15(13(19)3)9-16(11-18)14-6-5-7-17(10-14)20(21)22/h5-10H,4H2,1-3H3. The lowest BCUT2D eigenvalue weighted by atomic mass is 10.0. The van der Waals surface area contributed by atoms with Crippen molar-refractivity contribution < 1.29 is 4.92 Å².